The second-order valence-electron chi connectivity index (χ2n) is 4.68. The maximum absolute atomic E-state index is 12.2. The fourth-order valence-corrected chi connectivity index (χ4v) is 2.10. The van der Waals surface area contributed by atoms with Crippen LogP contribution in [0.2, 0.25) is 0 Å². The van der Waals surface area contributed by atoms with Gasteiger partial charge in [-0.05, 0) is 24.3 Å². The number of aromatic nitrogens is 1. The zero-order chi connectivity index (χ0) is 16.2. The van der Waals surface area contributed by atoms with E-state index in [2.05, 4.69) is 10.5 Å². The number of aliphatic hydroxyl groups excluding tert-OH is 1. The number of nitrogens with one attached hydrogen (secondary N) is 1. The summed E-state index contributed by atoms with van der Waals surface area (Å²) in [7, 11) is 0. The van der Waals surface area contributed by atoms with Crippen molar-refractivity contribution in [2.75, 3.05) is 5.32 Å². The lowest BCUT2D eigenvalue weighted by Gasteiger charge is -2.05. The van der Waals surface area contributed by atoms with Crippen LogP contribution in [0.15, 0.2) is 64.7 Å². The van der Waals surface area contributed by atoms with Gasteiger partial charge in [0.25, 0.3) is 5.91 Å². The average molecular weight is 305 g/mol. The van der Waals surface area contributed by atoms with Crippen molar-refractivity contribution >= 4 is 28.3 Å². The number of rotatable bonds is 3. The number of carbonyl (C=O) groups is 1. The SMILES string of the molecule is N#C/C(C(=O)Nc1ccccc1)=C(/O)c1noc2ccccc12. The minimum atomic E-state index is -0.719. The van der Waals surface area contributed by atoms with Gasteiger partial charge in [0.1, 0.15) is 6.07 Å². The van der Waals surface area contributed by atoms with Gasteiger partial charge < -0.3 is 14.9 Å². The van der Waals surface area contributed by atoms with Crippen LogP contribution < -0.4 is 5.32 Å². The number of hydrogen-bond acceptors (Lipinski definition) is 5. The Morgan fingerprint density at radius 3 is 2.57 bits per heavy atom. The fourth-order valence-electron chi connectivity index (χ4n) is 2.10. The Kier molecular flexibility index (Phi) is 3.77. The van der Waals surface area contributed by atoms with Crippen LogP contribution in [-0.2, 0) is 4.79 Å². The van der Waals surface area contributed by atoms with Gasteiger partial charge in [-0.2, -0.15) is 5.26 Å². The van der Waals surface area contributed by atoms with Gasteiger partial charge in [-0.1, -0.05) is 35.5 Å². The summed E-state index contributed by atoms with van der Waals surface area (Å²) in [5.41, 5.74) is 0.589. The summed E-state index contributed by atoms with van der Waals surface area (Å²) < 4.78 is 5.08. The summed E-state index contributed by atoms with van der Waals surface area (Å²) in [6, 6.07) is 17.2. The van der Waals surface area contributed by atoms with Crippen LogP contribution in [0.5, 0.6) is 0 Å². The first-order chi connectivity index (χ1) is 11.2. The first kappa shape index (κ1) is 14.4. The normalized spacial score (nSPS) is 11.6. The lowest BCUT2D eigenvalue weighted by atomic mass is 10.1. The zero-order valence-corrected chi connectivity index (χ0v) is 11.9. The molecule has 2 aromatic carbocycles. The van der Waals surface area contributed by atoms with Crippen LogP contribution in [0, 0.1) is 11.3 Å². The van der Waals surface area contributed by atoms with Crippen molar-refractivity contribution in [1.82, 2.24) is 5.16 Å². The minimum absolute atomic E-state index is 0.0559. The monoisotopic (exact) mass is 305 g/mol. The Morgan fingerprint density at radius 2 is 1.83 bits per heavy atom. The summed E-state index contributed by atoms with van der Waals surface area (Å²) in [5.74, 6) is -1.24. The van der Waals surface area contributed by atoms with Crippen LogP contribution in [0.1, 0.15) is 5.69 Å². The molecule has 3 rings (SSSR count). The number of anilines is 1. The van der Waals surface area contributed by atoms with Gasteiger partial charge in [0.15, 0.2) is 22.6 Å². The van der Waals surface area contributed by atoms with Crippen molar-refractivity contribution < 1.29 is 14.4 Å². The molecule has 0 atom stereocenters. The predicted octanol–water partition coefficient (Wildman–Crippen LogP) is 3.26. The summed E-state index contributed by atoms with van der Waals surface area (Å²) in [6.45, 7) is 0. The van der Waals surface area contributed by atoms with E-state index in [1.807, 2.05) is 0 Å². The second kappa shape index (κ2) is 6.03. The summed E-state index contributed by atoms with van der Waals surface area (Å²) in [4.78, 5) is 12.2. The molecule has 0 aliphatic heterocycles. The Morgan fingerprint density at radius 1 is 1.13 bits per heavy atom. The molecule has 6 heteroatoms. The van der Waals surface area contributed by atoms with E-state index in [0.29, 0.717) is 16.7 Å². The van der Waals surface area contributed by atoms with Crippen LogP contribution in [0.4, 0.5) is 5.69 Å². The molecule has 0 aliphatic rings. The van der Waals surface area contributed by atoms with Crippen molar-refractivity contribution in [2.24, 2.45) is 0 Å². The van der Waals surface area contributed by atoms with E-state index in [9.17, 15) is 15.2 Å². The topological polar surface area (TPSA) is 99.2 Å². The van der Waals surface area contributed by atoms with E-state index >= 15 is 0 Å². The van der Waals surface area contributed by atoms with Crippen molar-refractivity contribution in [2.45, 2.75) is 0 Å². The zero-order valence-electron chi connectivity index (χ0n) is 11.9. The molecule has 0 aliphatic carbocycles. The van der Waals surface area contributed by atoms with Gasteiger partial charge in [-0.15, -0.1) is 0 Å². The summed E-state index contributed by atoms with van der Waals surface area (Å²) in [5, 5.41) is 26.3. The number of carbonyl (C=O) groups excluding carboxylic acids is 1. The number of aliphatic hydroxyl groups is 1. The third-order valence-corrected chi connectivity index (χ3v) is 3.21. The summed E-state index contributed by atoms with van der Waals surface area (Å²) in [6.07, 6.45) is 0. The Hall–Kier alpha value is -3.59. The molecule has 6 nitrogen and oxygen atoms in total. The molecule has 1 heterocycles. The molecule has 112 valence electrons. The molecule has 23 heavy (non-hydrogen) atoms. The number of para-hydroxylation sites is 2. The molecule has 3 aromatic rings. The molecule has 0 unspecified atom stereocenters. The lowest BCUT2D eigenvalue weighted by molar-refractivity contribution is -0.112. The standard InChI is InChI=1S/C17H11N3O3/c18-10-13(17(22)19-11-6-2-1-3-7-11)16(21)15-12-8-4-5-9-14(12)23-20-15/h1-9,21H,(H,19,22)/b16-13-. The van der Waals surface area contributed by atoms with Crippen molar-refractivity contribution in [3.63, 3.8) is 0 Å². The highest BCUT2D eigenvalue weighted by Gasteiger charge is 2.21. The highest BCUT2D eigenvalue weighted by molar-refractivity contribution is 6.11. The minimum Gasteiger partial charge on any atom is -0.504 e. The lowest BCUT2D eigenvalue weighted by Crippen LogP contribution is -2.15. The van der Waals surface area contributed by atoms with E-state index in [1.54, 1.807) is 60.7 Å². The molecule has 0 saturated heterocycles. The highest BCUT2D eigenvalue weighted by Crippen LogP contribution is 2.25. The number of nitrogens with zero attached hydrogens (tertiary/aromatic N) is 2. The molecule has 0 saturated carbocycles. The smallest absolute Gasteiger partial charge is 0.270 e. The van der Waals surface area contributed by atoms with Gasteiger partial charge in [0.05, 0.1) is 5.39 Å². The Labute approximate surface area is 131 Å². The number of amides is 1. The molecule has 2 N–H and O–H groups in total. The average Bonchev–Trinajstić information content (AvgIpc) is 3.00. The van der Waals surface area contributed by atoms with Crippen LogP contribution in [-0.4, -0.2) is 16.2 Å². The van der Waals surface area contributed by atoms with E-state index in [4.69, 9.17) is 4.52 Å². The van der Waals surface area contributed by atoms with Gasteiger partial charge >= 0.3 is 0 Å². The van der Waals surface area contributed by atoms with E-state index in [-0.39, 0.29) is 5.69 Å². The molecule has 1 aromatic heterocycles. The molecule has 1 amide bonds. The number of benzene rings is 2. The number of fused-ring (bicyclic) bond motifs is 1. The van der Waals surface area contributed by atoms with Crippen molar-refractivity contribution in [3.05, 3.63) is 65.9 Å². The molecule has 0 bridgehead atoms. The van der Waals surface area contributed by atoms with E-state index in [0.717, 1.165) is 0 Å². The van der Waals surface area contributed by atoms with Gasteiger partial charge in [-0.25, -0.2) is 0 Å². The van der Waals surface area contributed by atoms with Crippen LogP contribution in [0.3, 0.4) is 0 Å². The Balaban J connectivity index is 1.99. The number of hydrogen-bond donors (Lipinski definition) is 2. The van der Waals surface area contributed by atoms with Gasteiger partial charge in [-0.3, -0.25) is 4.79 Å². The Bertz CT molecular complexity index is 936. The quantitative estimate of drug-likeness (QED) is 0.439. The molecular weight excluding hydrogens is 294 g/mol. The first-order valence-corrected chi connectivity index (χ1v) is 6.75. The van der Waals surface area contributed by atoms with Crippen LogP contribution >= 0.6 is 0 Å². The molecule has 0 spiro atoms. The predicted molar refractivity (Wildman–Crippen MR) is 84.2 cm³/mol. The third-order valence-electron chi connectivity index (χ3n) is 3.21. The largest absolute Gasteiger partial charge is 0.504 e. The first-order valence-electron chi connectivity index (χ1n) is 6.75. The van der Waals surface area contributed by atoms with E-state index < -0.39 is 17.2 Å². The second-order valence-corrected chi connectivity index (χ2v) is 4.68. The van der Waals surface area contributed by atoms with Crippen molar-refractivity contribution in [3.8, 4) is 6.07 Å². The molecule has 0 fully saturated rings. The highest BCUT2D eigenvalue weighted by atomic mass is 16.5. The maximum Gasteiger partial charge on any atom is 0.270 e. The third kappa shape index (κ3) is 2.76. The molecule has 0 radical (unpaired) electrons. The van der Waals surface area contributed by atoms with Gasteiger partial charge in [0, 0.05) is 5.69 Å². The summed E-state index contributed by atoms with van der Waals surface area (Å²) >= 11 is 0. The van der Waals surface area contributed by atoms with Crippen molar-refractivity contribution in [1.29, 1.82) is 5.26 Å². The van der Waals surface area contributed by atoms with Crippen LogP contribution in [0.25, 0.3) is 16.7 Å². The fraction of sp³-hybridized carbons (Fsp3) is 0. The number of nitriles is 1. The maximum atomic E-state index is 12.2. The van der Waals surface area contributed by atoms with E-state index in [1.165, 1.54) is 0 Å². The van der Waals surface area contributed by atoms with Gasteiger partial charge in [0.2, 0.25) is 0 Å². The molecular formula is C17H11N3O3.